The van der Waals surface area contributed by atoms with Gasteiger partial charge in [-0.3, -0.25) is 9.97 Å². The van der Waals surface area contributed by atoms with Gasteiger partial charge in [-0.15, -0.1) is 0 Å². The summed E-state index contributed by atoms with van der Waals surface area (Å²) in [5, 5.41) is 19.5. The average Bonchev–Trinajstić information content (AvgIpc) is 2.68. The van der Waals surface area contributed by atoms with Crippen molar-refractivity contribution >= 4 is 43.4 Å². The van der Waals surface area contributed by atoms with Gasteiger partial charge >= 0.3 is 0 Å². The Morgan fingerprint density at radius 2 is 1.31 bits per heavy atom. The van der Waals surface area contributed by atoms with Crippen molar-refractivity contribution in [2.24, 2.45) is 0 Å². The second kappa shape index (κ2) is 7.60. The largest absolute Gasteiger partial charge is 0.398 e. The highest BCUT2D eigenvalue weighted by Crippen LogP contribution is 2.24. The third-order valence-corrected chi connectivity index (χ3v) is 4.44. The fourth-order valence-electron chi connectivity index (χ4n) is 2.53. The van der Waals surface area contributed by atoms with E-state index >= 15 is 0 Å². The van der Waals surface area contributed by atoms with Gasteiger partial charge in [0.15, 0.2) is 0 Å². The van der Waals surface area contributed by atoms with Gasteiger partial charge in [-0.05, 0) is 64.5 Å². The molecule has 124 valence electrons. The van der Waals surface area contributed by atoms with Crippen LogP contribution < -0.4 is 5.73 Å². The van der Waals surface area contributed by atoms with Crippen LogP contribution in [0.1, 0.15) is 11.1 Å². The summed E-state index contributed by atoms with van der Waals surface area (Å²) in [5.41, 5.74) is 8.95. The Bertz CT molecular complexity index is 1090. The van der Waals surface area contributed by atoms with Crippen molar-refractivity contribution in [2.45, 2.75) is 0 Å². The second-order valence-electron chi connectivity index (χ2n) is 5.32. The predicted octanol–water partition coefficient (Wildman–Crippen LogP) is 4.56. The molecule has 6 heteroatoms. The Kier molecular flexibility index (Phi) is 5.07. The van der Waals surface area contributed by atoms with E-state index in [1.807, 2.05) is 36.4 Å². The number of hydrogen-bond acceptors (Lipinski definition) is 5. The number of nitriles is 2. The van der Waals surface area contributed by atoms with E-state index in [1.54, 1.807) is 24.5 Å². The summed E-state index contributed by atoms with van der Waals surface area (Å²) in [6.45, 7) is 0. The number of nitrogen functional groups attached to an aromatic ring is 1. The molecule has 0 unspecified atom stereocenters. The van der Waals surface area contributed by atoms with E-state index in [-0.39, 0.29) is 0 Å². The molecule has 2 aromatic heterocycles. The van der Waals surface area contributed by atoms with Crippen molar-refractivity contribution in [3.63, 3.8) is 0 Å². The third kappa shape index (κ3) is 3.32. The monoisotopic (exact) mass is 401 g/mol. The molecule has 0 fully saturated rings. The van der Waals surface area contributed by atoms with E-state index in [0.29, 0.717) is 16.8 Å². The first-order chi connectivity index (χ1) is 12.7. The van der Waals surface area contributed by atoms with Gasteiger partial charge in [0.2, 0.25) is 0 Å². The number of benzene rings is 2. The number of hydrogen-bond donors (Lipinski definition) is 1. The van der Waals surface area contributed by atoms with Gasteiger partial charge in [-0.2, -0.15) is 10.5 Å². The molecule has 26 heavy (non-hydrogen) atoms. The molecule has 4 aromatic rings. The lowest BCUT2D eigenvalue weighted by Gasteiger charge is -2.01. The molecule has 2 N–H and O–H groups in total. The molecule has 0 amide bonds. The summed E-state index contributed by atoms with van der Waals surface area (Å²) in [4.78, 5) is 8.28. The summed E-state index contributed by atoms with van der Waals surface area (Å²) in [6.07, 6.45) is 3.41. The highest BCUT2D eigenvalue weighted by atomic mass is 79.9. The minimum atomic E-state index is 0.503. The van der Waals surface area contributed by atoms with Gasteiger partial charge in [0.05, 0.1) is 27.8 Å². The molecule has 0 aliphatic heterocycles. The van der Waals surface area contributed by atoms with Gasteiger partial charge < -0.3 is 5.73 Å². The number of halogens is 1. The first-order valence-corrected chi connectivity index (χ1v) is 8.41. The van der Waals surface area contributed by atoms with Crippen LogP contribution in [0, 0.1) is 22.7 Å². The molecule has 0 aliphatic carbocycles. The number of nitrogens with zero attached hydrogens (tertiary/aromatic N) is 4. The number of aromatic nitrogens is 2. The van der Waals surface area contributed by atoms with Crippen LogP contribution in [-0.4, -0.2) is 9.97 Å². The molecule has 5 nitrogen and oxygen atoms in total. The molecule has 0 saturated heterocycles. The van der Waals surface area contributed by atoms with Gasteiger partial charge in [-0.1, -0.05) is 0 Å². The topological polar surface area (TPSA) is 99.4 Å². The van der Waals surface area contributed by atoms with Gasteiger partial charge in [0.1, 0.15) is 12.1 Å². The summed E-state index contributed by atoms with van der Waals surface area (Å²) in [5.74, 6) is 0. The first kappa shape index (κ1) is 17.3. The van der Waals surface area contributed by atoms with Crippen LogP contribution >= 0.6 is 15.9 Å². The van der Waals surface area contributed by atoms with E-state index in [4.69, 9.17) is 16.3 Å². The molecular weight excluding hydrogens is 390 g/mol. The fourth-order valence-corrected chi connectivity index (χ4v) is 2.97. The molecule has 0 atom stereocenters. The van der Waals surface area contributed by atoms with Crippen LogP contribution in [0.2, 0.25) is 0 Å². The van der Waals surface area contributed by atoms with Crippen molar-refractivity contribution in [1.82, 2.24) is 9.97 Å². The normalized spacial score (nSPS) is 9.81. The summed E-state index contributed by atoms with van der Waals surface area (Å²) < 4.78 is 0.815. The SMILES string of the molecule is N#Cc1c(Br)ccc2ncccc12.N#Cc1c(N)ccc2ncccc12. The van der Waals surface area contributed by atoms with Crippen LogP contribution in [-0.2, 0) is 0 Å². The maximum absolute atomic E-state index is 8.91. The lowest BCUT2D eigenvalue weighted by molar-refractivity contribution is 1.40. The van der Waals surface area contributed by atoms with E-state index in [9.17, 15) is 0 Å². The number of nitrogens with two attached hydrogens (primary N) is 1. The second-order valence-corrected chi connectivity index (χ2v) is 6.17. The zero-order chi connectivity index (χ0) is 18.5. The van der Waals surface area contributed by atoms with E-state index in [0.717, 1.165) is 26.3 Å². The summed E-state index contributed by atoms with van der Waals surface area (Å²) >= 11 is 3.33. The standard InChI is InChI=1S/C10H5BrN2.C10H7N3/c11-9-3-4-10-7(8(9)6-12)2-1-5-13-10;11-6-8-7-2-1-5-13-10(7)4-3-9(8)12/h1-5H;1-5H,12H2. The first-order valence-electron chi connectivity index (χ1n) is 7.62. The zero-order valence-corrected chi connectivity index (χ0v) is 15.1. The predicted molar refractivity (Wildman–Crippen MR) is 105 cm³/mol. The lowest BCUT2D eigenvalue weighted by Crippen LogP contribution is -1.91. The minimum Gasteiger partial charge on any atom is -0.398 e. The summed E-state index contributed by atoms with van der Waals surface area (Å²) in [6, 6.07) is 18.8. The molecule has 0 spiro atoms. The molecule has 0 bridgehead atoms. The van der Waals surface area contributed by atoms with Crippen molar-refractivity contribution in [3.05, 3.63) is 76.5 Å². The fraction of sp³-hybridized carbons (Fsp3) is 0. The Hall–Kier alpha value is -3.48. The molecule has 0 aliphatic rings. The zero-order valence-electron chi connectivity index (χ0n) is 13.5. The molecule has 2 heterocycles. The van der Waals surface area contributed by atoms with Crippen LogP contribution in [0.4, 0.5) is 5.69 Å². The van der Waals surface area contributed by atoms with Crippen LogP contribution in [0.5, 0.6) is 0 Å². The molecule has 4 rings (SSSR count). The van der Waals surface area contributed by atoms with Gasteiger partial charge in [0, 0.05) is 27.6 Å². The number of rotatable bonds is 0. The highest BCUT2D eigenvalue weighted by Gasteiger charge is 2.04. The Morgan fingerprint density at radius 3 is 1.88 bits per heavy atom. The minimum absolute atomic E-state index is 0.503. The van der Waals surface area contributed by atoms with Crippen molar-refractivity contribution < 1.29 is 0 Å². The van der Waals surface area contributed by atoms with Gasteiger partial charge in [0.25, 0.3) is 0 Å². The Morgan fingerprint density at radius 1 is 0.769 bits per heavy atom. The highest BCUT2D eigenvalue weighted by molar-refractivity contribution is 9.10. The Balaban J connectivity index is 0.000000151. The van der Waals surface area contributed by atoms with E-state index in [1.165, 1.54) is 0 Å². The smallest absolute Gasteiger partial charge is 0.102 e. The van der Waals surface area contributed by atoms with Gasteiger partial charge in [-0.25, -0.2) is 0 Å². The van der Waals surface area contributed by atoms with E-state index in [2.05, 4.69) is 38.0 Å². The average molecular weight is 402 g/mol. The number of anilines is 1. The van der Waals surface area contributed by atoms with Crippen LogP contribution in [0.15, 0.2) is 65.4 Å². The van der Waals surface area contributed by atoms with Crippen molar-refractivity contribution in [3.8, 4) is 12.1 Å². The maximum atomic E-state index is 8.91. The van der Waals surface area contributed by atoms with E-state index < -0.39 is 0 Å². The van der Waals surface area contributed by atoms with Crippen molar-refractivity contribution in [1.29, 1.82) is 10.5 Å². The lowest BCUT2D eigenvalue weighted by atomic mass is 10.1. The van der Waals surface area contributed by atoms with Crippen LogP contribution in [0.25, 0.3) is 21.8 Å². The quantitative estimate of drug-likeness (QED) is 0.435. The third-order valence-electron chi connectivity index (χ3n) is 3.78. The summed E-state index contributed by atoms with van der Waals surface area (Å²) in [7, 11) is 0. The molecule has 0 radical (unpaired) electrons. The number of fused-ring (bicyclic) bond motifs is 2. The molecular formula is C20H12BrN5. The van der Waals surface area contributed by atoms with Crippen molar-refractivity contribution in [2.75, 3.05) is 5.73 Å². The number of pyridine rings is 2. The molecule has 0 saturated carbocycles. The Labute approximate surface area is 158 Å². The maximum Gasteiger partial charge on any atom is 0.102 e. The molecule has 2 aromatic carbocycles. The van der Waals surface area contributed by atoms with Crippen LogP contribution in [0.3, 0.4) is 0 Å².